The van der Waals surface area contributed by atoms with E-state index < -0.39 is 11.6 Å². The van der Waals surface area contributed by atoms with Crippen LogP contribution in [0.4, 0.5) is 8.78 Å². The summed E-state index contributed by atoms with van der Waals surface area (Å²) in [5.41, 5.74) is 6.31. The van der Waals surface area contributed by atoms with Crippen molar-refractivity contribution in [2.24, 2.45) is 11.7 Å². The summed E-state index contributed by atoms with van der Waals surface area (Å²) >= 11 is 0. The van der Waals surface area contributed by atoms with Gasteiger partial charge in [0.1, 0.15) is 11.6 Å². The Kier molecular flexibility index (Phi) is 2.27. The van der Waals surface area contributed by atoms with Gasteiger partial charge in [0.2, 0.25) is 0 Å². The number of hydrogen-bond donors (Lipinski definition) is 1. The van der Waals surface area contributed by atoms with Gasteiger partial charge in [0.15, 0.2) is 0 Å². The molecule has 1 fully saturated rings. The van der Waals surface area contributed by atoms with Crippen molar-refractivity contribution in [1.82, 2.24) is 0 Å². The Morgan fingerprint density at radius 3 is 2.64 bits per heavy atom. The maximum Gasteiger partial charge on any atom is 0.129 e. The number of hydrogen-bond acceptors (Lipinski definition) is 1. The molecule has 14 heavy (non-hydrogen) atoms. The molecular weight excluding hydrogens is 184 g/mol. The lowest BCUT2D eigenvalue weighted by Gasteiger charge is -2.05. The predicted octanol–water partition coefficient (Wildman–Crippen LogP) is 2.42. The summed E-state index contributed by atoms with van der Waals surface area (Å²) in [4.78, 5) is 0. The molecule has 0 aromatic heterocycles. The van der Waals surface area contributed by atoms with Crippen molar-refractivity contribution in [3.8, 4) is 0 Å². The van der Waals surface area contributed by atoms with Crippen LogP contribution in [0, 0.1) is 17.6 Å². The summed E-state index contributed by atoms with van der Waals surface area (Å²) in [5, 5.41) is 0. The first-order valence-electron chi connectivity index (χ1n) is 4.80. The molecule has 1 aliphatic carbocycles. The number of nitrogens with two attached hydrogens (primary N) is 1. The van der Waals surface area contributed by atoms with Crippen LogP contribution in [-0.4, -0.2) is 6.04 Å². The fourth-order valence-corrected chi connectivity index (χ4v) is 1.96. The first-order valence-corrected chi connectivity index (χ1v) is 4.80. The van der Waals surface area contributed by atoms with E-state index in [9.17, 15) is 8.78 Å². The quantitative estimate of drug-likeness (QED) is 0.774. The van der Waals surface area contributed by atoms with Gasteiger partial charge >= 0.3 is 0 Å². The minimum atomic E-state index is -0.524. The molecule has 1 nitrogen and oxygen atoms in total. The van der Waals surface area contributed by atoms with Crippen molar-refractivity contribution in [2.75, 3.05) is 0 Å². The molecule has 2 rings (SSSR count). The molecule has 3 heteroatoms. The number of rotatable bonds is 2. The minimum Gasteiger partial charge on any atom is -0.328 e. The van der Waals surface area contributed by atoms with E-state index in [1.165, 1.54) is 12.1 Å². The smallest absolute Gasteiger partial charge is 0.129 e. The molecule has 0 saturated heterocycles. The Balaban J connectivity index is 2.19. The van der Waals surface area contributed by atoms with Crippen LogP contribution in [0.2, 0.25) is 0 Å². The third kappa shape index (κ3) is 1.64. The molecule has 0 amide bonds. The molecule has 76 valence electrons. The Labute approximate surface area is 81.9 Å². The molecule has 3 atom stereocenters. The van der Waals surface area contributed by atoms with Crippen LogP contribution in [0.3, 0.4) is 0 Å². The lowest BCUT2D eigenvalue weighted by Crippen LogP contribution is -2.18. The van der Waals surface area contributed by atoms with Crippen molar-refractivity contribution in [1.29, 1.82) is 0 Å². The molecule has 0 heterocycles. The van der Waals surface area contributed by atoms with Crippen LogP contribution in [0.5, 0.6) is 0 Å². The first-order chi connectivity index (χ1) is 6.59. The van der Waals surface area contributed by atoms with Crippen molar-refractivity contribution >= 4 is 0 Å². The predicted molar refractivity (Wildman–Crippen MR) is 50.9 cm³/mol. The van der Waals surface area contributed by atoms with Gasteiger partial charge in [-0.3, -0.25) is 0 Å². The molecular formula is C11H13F2N. The fraction of sp³-hybridized carbons (Fsp3) is 0.455. The van der Waals surface area contributed by atoms with Crippen LogP contribution in [0.15, 0.2) is 18.2 Å². The van der Waals surface area contributed by atoms with E-state index in [0.29, 0.717) is 11.5 Å². The van der Waals surface area contributed by atoms with Gasteiger partial charge in [-0.05, 0) is 36.8 Å². The molecule has 1 aliphatic rings. The van der Waals surface area contributed by atoms with Gasteiger partial charge in [-0.2, -0.15) is 0 Å². The summed E-state index contributed by atoms with van der Waals surface area (Å²) in [6.07, 6.45) is 0.917. The number of halogens is 2. The zero-order valence-electron chi connectivity index (χ0n) is 8.00. The topological polar surface area (TPSA) is 26.0 Å². The first kappa shape index (κ1) is 9.59. The molecule has 0 spiro atoms. The molecule has 1 saturated carbocycles. The lowest BCUT2D eigenvalue weighted by molar-refractivity contribution is 0.563. The van der Waals surface area contributed by atoms with E-state index in [0.717, 1.165) is 12.5 Å². The standard InChI is InChI=1S/C11H13F2N/c1-6(14)9-5-10(9)8-3-2-7(12)4-11(8)13/h2-4,6,9-10H,5,14H2,1H3/t6-,9-,10+/m0/s1. The van der Waals surface area contributed by atoms with E-state index in [1.54, 1.807) is 0 Å². The van der Waals surface area contributed by atoms with Crippen LogP contribution in [0.25, 0.3) is 0 Å². The van der Waals surface area contributed by atoms with Gasteiger partial charge < -0.3 is 5.73 Å². The average molecular weight is 197 g/mol. The van der Waals surface area contributed by atoms with Crippen LogP contribution < -0.4 is 5.73 Å². The normalized spacial score (nSPS) is 27.4. The van der Waals surface area contributed by atoms with Gasteiger partial charge in [0, 0.05) is 12.1 Å². The molecule has 0 bridgehead atoms. The molecule has 1 aromatic rings. The monoisotopic (exact) mass is 197 g/mol. The zero-order valence-corrected chi connectivity index (χ0v) is 8.00. The highest BCUT2D eigenvalue weighted by Gasteiger charge is 2.42. The second-order valence-electron chi connectivity index (χ2n) is 4.03. The van der Waals surface area contributed by atoms with E-state index in [2.05, 4.69) is 0 Å². The molecule has 1 aromatic carbocycles. The van der Waals surface area contributed by atoms with Gasteiger partial charge in [-0.25, -0.2) is 8.78 Å². The maximum atomic E-state index is 13.3. The van der Waals surface area contributed by atoms with Gasteiger partial charge in [0.25, 0.3) is 0 Å². The molecule has 2 N–H and O–H groups in total. The summed E-state index contributed by atoms with van der Waals surface area (Å²) in [5.74, 6) is -0.423. The Morgan fingerprint density at radius 1 is 1.43 bits per heavy atom. The molecule has 0 unspecified atom stereocenters. The second-order valence-corrected chi connectivity index (χ2v) is 4.03. The SMILES string of the molecule is C[C@H](N)[C@@H]1C[C@@H]1c1ccc(F)cc1F. The third-order valence-corrected chi connectivity index (χ3v) is 2.88. The van der Waals surface area contributed by atoms with Crippen molar-refractivity contribution in [3.05, 3.63) is 35.4 Å². The van der Waals surface area contributed by atoms with E-state index in [1.807, 2.05) is 6.92 Å². The second kappa shape index (κ2) is 3.31. The fourth-order valence-electron chi connectivity index (χ4n) is 1.96. The van der Waals surface area contributed by atoms with Crippen molar-refractivity contribution < 1.29 is 8.78 Å². The Morgan fingerprint density at radius 2 is 2.14 bits per heavy atom. The highest BCUT2D eigenvalue weighted by atomic mass is 19.1. The highest BCUT2D eigenvalue weighted by Crippen LogP contribution is 2.49. The van der Waals surface area contributed by atoms with Crippen molar-refractivity contribution in [2.45, 2.75) is 25.3 Å². The lowest BCUT2D eigenvalue weighted by atomic mass is 10.1. The van der Waals surface area contributed by atoms with Crippen molar-refractivity contribution in [3.63, 3.8) is 0 Å². The highest BCUT2D eigenvalue weighted by molar-refractivity contribution is 5.28. The van der Waals surface area contributed by atoms with Gasteiger partial charge in [-0.15, -0.1) is 0 Å². The van der Waals surface area contributed by atoms with Crippen LogP contribution >= 0.6 is 0 Å². The largest absolute Gasteiger partial charge is 0.328 e. The van der Waals surface area contributed by atoms with Gasteiger partial charge in [0.05, 0.1) is 0 Å². The maximum absolute atomic E-state index is 13.3. The average Bonchev–Trinajstić information content (AvgIpc) is 2.83. The van der Waals surface area contributed by atoms with E-state index in [4.69, 9.17) is 5.73 Å². The third-order valence-electron chi connectivity index (χ3n) is 2.88. The number of benzene rings is 1. The van der Waals surface area contributed by atoms with Gasteiger partial charge in [-0.1, -0.05) is 6.07 Å². The molecule has 0 aliphatic heterocycles. The molecule has 0 radical (unpaired) electrons. The summed E-state index contributed by atoms with van der Waals surface area (Å²) in [6.45, 7) is 1.92. The Bertz CT molecular complexity index is 349. The minimum absolute atomic E-state index is 0.0875. The summed E-state index contributed by atoms with van der Waals surface area (Å²) < 4.78 is 25.9. The van der Waals surface area contributed by atoms with E-state index in [-0.39, 0.29) is 12.0 Å². The van der Waals surface area contributed by atoms with Crippen LogP contribution in [-0.2, 0) is 0 Å². The zero-order chi connectivity index (χ0) is 10.3. The van der Waals surface area contributed by atoms with E-state index >= 15 is 0 Å². The summed E-state index contributed by atoms with van der Waals surface area (Å²) in [6, 6.07) is 3.85. The van der Waals surface area contributed by atoms with Crippen LogP contribution in [0.1, 0.15) is 24.8 Å². The summed E-state index contributed by atoms with van der Waals surface area (Å²) in [7, 11) is 0. The Hall–Kier alpha value is -0.960.